The van der Waals surface area contributed by atoms with Gasteiger partial charge in [-0.1, -0.05) is 36.9 Å². The van der Waals surface area contributed by atoms with Crippen LogP contribution in [0.2, 0.25) is 0 Å². The van der Waals surface area contributed by atoms with Crippen molar-refractivity contribution >= 4 is 28.7 Å². The van der Waals surface area contributed by atoms with E-state index in [-0.39, 0.29) is 6.03 Å². The molecule has 6 heteroatoms. The van der Waals surface area contributed by atoms with Crippen LogP contribution < -0.4 is 21.3 Å². The van der Waals surface area contributed by atoms with E-state index >= 15 is 0 Å². The Labute approximate surface area is 177 Å². The molecule has 2 aromatic carbocycles. The fraction of sp³-hybridized carbons (Fsp3) is 0.208. The largest absolute Gasteiger partial charge is 0.402 e. The smallest absolute Gasteiger partial charge is 0.323 e. The number of amides is 2. The number of urea groups is 1. The predicted octanol–water partition coefficient (Wildman–Crippen LogP) is 4.60. The van der Waals surface area contributed by atoms with Crippen LogP contribution >= 0.6 is 0 Å². The molecule has 1 saturated heterocycles. The van der Waals surface area contributed by atoms with Crippen molar-refractivity contribution in [3.8, 4) is 0 Å². The van der Waals surface area contributed by atoms with Crippen molar-refractivity contribution in [2.75, 3.05) is 41.8 Å². The van der Waals surface area contributed by atoms with Gasteiger partial charge in [0.05, 0.1) is 13.2 Å². The van der Waals surface area contributed by atoms with Crippen LogP contribution in [-0.4, -0.2) is 32.3 Å². The summed E-state index contributed by atoms with van der Waals surface area (Å²) >= 11 is 0. The van der Waals surface area contributed by atoms with E-state index in [0.717, 1.165) is 48.8 Å². The molecule has 1 heterocycles. The zero-order valence-electron chi connectivity index (χ0n) is 17.2. The maximum atomic E-state index is 12.4. The summed E-state index contributed by atoms with van der Waals surface area (Å²) < 4.78 is 5.40. The third-order valence-electron chi connectivity index (χ3n) is 4.64. The van der Waals surface area contributed by atoms with Crippen LogP contribution in [0.3, 0.4) is 0 Å². The Morgan fingerprint density at radius 2 is 1.80 bits per heavy atom. The minimum Gasteiger partial charge on any atom is -0.402 e. The number of nitrogens with two attached hydrogens (primary N) is 1. The van der Waals surface area contributed by atoms with Gasteiger partial charge >= 0.3 is 6.03 Å². The fourth-order valence-corrected chi connectivity index (χ4v) is 3.24. The Bertz CT molecular complexity index is 938. The third-order valence-corrected chi connectivity index (χ3v) is 4.64. The molecule has 30 heavy (non-hydrogen) atoms. The number of benzene rings is 2. The number of carbonyl (C=O) groups excluding carboxylic acids is 1. The van der Waals surface area contributed by atoms with E-state index in [1.165, 1.54) is 0 Å². The first-order valence-corrected chi connectivity index (χ1v) is 9.93. The van der Waals surface area contributed by atoms with Crippen LogP contribution in [0.5, 0.6) is 0 Å². The summed E-state index contributed by atoms with van der Waals surface area (Å²) in [7, 11) is 0. The van der Waals surface area contributed by atoms with E-state index < -0.39 is 0 Å². The number of carbonyl (C=O) groups is 1. The SMILES string of the molecule is C=C/C=C(\C=C(\C)N)c1ccc(NC(=O)Nc2cccc(N3CCOCC3)c2)cc1. The predicted molar refractivity (Wildman–Crippen MR) is 125 cm³/mol. The molecule has 1 aliphatic heterocycles. The molecule has 6 nitrogen and oxygen atoms in total. The lowest BCUT2D eigenvalue weighted by Crippen LogP contribution is -2.36. The molecule has 2 aromatic rings. The van der Waals surface area contributed by atoms with Gasteiger partial charge in [0.1, 0.15) is 0 Å². The molecular formula is C24H28N4O2. The molecule has 156 valence electrons. The fourth-order valence-electron chi connectivity index (χ4n) is 3.24. The lowest BCUT2D eigenvalue weighted by molar-refractivity contribution is 0.122. The van der Waals surface area contributed by atoms with E-state index in [2.05, 4.69) is 22.1 Å². The first-order valence-electron chi connectivity index (χ1n) is 9.93. The van der Waals surface area contributed by atoms with Gasteiger partial charge < -0.3 is 26.0 Å². The highest BCUT2D eigenvalue weighted by Crippen LogP contribution is 2.22. The lowest BCUT2D eigenvalue weighted by Gasteiger charge is -2.29. The molecular weight excluding hydrogens is 376 g/mol. The van der Waals surface area contributed by atoms with Crippen LogP contribution in [0, 0.1) is 0 Å². The molecule has 4 N–H and O–H groups in total. The summed E-state index contributed by atoms with van der Waals surface area (Å²) in [6.45, 7) is 8.73. The highest BCUT2D eigenvalue weighted by atomic mass is 16.5. The number of allylic oxidation sites excluding steroid dienone is 5. The van der Waals surface area contributed by atoms with Crippen molar-refractivity contribution in [3.63, 3.8) is 0 Å². The molecule has 0 aliphatic carbocycles. The molecule has 0 radical (unpaired) electrons. The molecule has 0 saturated carbocycles. The van der Waals surface area contributed by atoms with Gasteiger partial charge in [0.25, 0.3) is 0 Å². The topological polar surface area (TPSA) is 79.6 Å². The molecule has 0 atom stereocenters. The van der Waals surface area contributed by atoms with Crippen molar-refractivity contribution in [1.82, 2.24) is 0 Å². The van der Waals surface area contributed by atoms with Gasteiger partial charge in [-0.25, -0.2) is 4.79 Å². The van der Waals surface area contributed by atoms with Gasteiger partial charge in [0, 0.05) is 35.8 Å². The summed E-state index contributed by atoms with van der Waals surface area (Å²) in [5, 5.41) is 5.76. The Hall–Kier alpha value is -3.51. The van der Waals surface area contributed by atoms with E-state index in [4.69, 9.17) is 10.5 Å². The Morgan fingerprint density at radius 3 is 2.47 bits per heavy atom. The van der Waals surface area contributed by atoms with Gasteiger partial charge in [-0.15, -0.1) is 0 Å². The Kier molecular flexibility index (Phi) is 7.29. The first kappa shape index (κ1) is 21.2. The second kappa shape index (κ2) is 10.3. The summed E-state index contributed by atoms with van der Waals surface area (Å²) in [5.41, 5.74) is 11.0. The quantitative estimate of drug-likeness (QED) is 0.615. The lowest BCUT2D eigenvalue weighted by atomic mass is 10.0. The van der Waals surface area contributed by atoms with Crippen LogP contribution in [0.25, 0.3) is 5.57 Å². The van der Waals surface area contributed by atoms with Gasteiger partial charge in [-0.2, -0.15) is 0 Å². The van der Waals surface area contributed by atoms with Gasteiger partial charge in [0.2, 0.25) is 0 Å². The molecule has 0 bridgehead atoms. The zero-order chi connectivity index (χ0) is 21.3. The second-order valence-electron chi connectivity index (χ2n) is 7.05. The maximum absolute atomic E-state index is 12.4. The number of anilines is 3. The molecule has 1 aliphatic rings. The van der Waals surface area contributed by atoms with E-state index in [0.29, 0.717) is 11.4 Å². The van der Waals surface area contributed by atoms with Crippen molar-refractivity contribution in [2.24, 2.45) is 5.73 Å². The van der Waals surface area contributed by atoms with Crippen LogP contribution in [0.1, 0.15) is 12.5 Å². The molecule has 3 rings (SSSR count). The Morgan fingerprint density at radius 1 is 1.10 bits per heavy atom. The summed E-state index contributed by atoms with van der Waals surface area (Å²) in [6, 6.07) is 15.1. The summed E-state index contributed by atoms with van der Waals surface area (Å²) in [6.07, 6.45) is 5.50. The minimum absolute atomic E-state index is 0.290. The van der Waals surface area contributed by atoms with Crippen LogP contribution in [0.15, 0.2) is 79.0 Å². The van der Waals surface area contributed by atoms with Crippen molar-refractivity contribution in [2.45, 2.75) is 6.92 Å². The average molecular weight is 405 g/mol. The number of nitrogens with zero attached hydrogens (tertiary/aromatic N) is 1. The molecule has 0 unspecified atom stereocenters. The number of hydrogen-bond acceptors (Lipinski definition) is 4. The number of nitrogens with one attached hydrogen (secondary N) is 2. The first-order chi connectivity index (χ1) is 14.5. The number of ether oxygens (including phenoxy) is 1. The monoisotopic (exact) mass is 404 g/mol. The second-order valence-corrected chi connectivity index (χ2v) is 7.05. The van der Waals surface area contributed by atoms with Crippen molar-refractivity contribution in [1.29, 1.82) is 0 Å². The highest BCUT2D eigenvalue weighted by molar-refractivity contribution is 6.00. The zero-order valence-corrected chi connectivity index (χ0v) is 17.2. The Balaban J connectivity index is 1.63. The van der Waals surface area contributed by atoms with E-state index in [9.17, 15) is 4.79 Å². The third kappa shape index (κ3) is 5.99. The number of morpholine rings is 1. The average Bonchev–Trinajstić information content (AvgIpc) is 2.74. The standard InChI is InChI=1S/C24H28N4O2/c1-3-5-20(16-18(2)25)19-8-10-21(11-9-19)26-24(29)27-22-6-4-7-23(17-22)28-12-14-30-15-13-28/h3-11,16-17H,1,12-15,25H2,2H3,(H2,26,27,29)/b18-16-,20-5+. The number of rotatable bonds is 6. The maximum Gasteiger partial charge on any atom is 0.323 e. The summed E-state index contributed by atoms with van der Waals surface area (Å²) in [5.74, 6) is 0. The van der Waals surface area contributed by atoms with Crippen molar-refractivity contribution < 1.29 is 9.53 Å². The van der Waals surface area contributed by atoms with Gasteiger partial charge in [-0.3, -0.25) is 0 Å². The molecule has 0 aromatic heterocycles. The molecule has 1 fully saturated rings. The summed E-state index contributed by atoms with van der Waals surface area (Å²) in [4.78, 5) is 14.7. The minimum atomic E-state index is -0.290. The van der Waals surface area contributed by atoms with Gasteiger partial charge in [-0.05, 0) is 54.5 Å². The number of hydrogen-bond donors (Lipinski definition) is 3. The van der Waals surface area contributed by atoms with Crippen LogP contribution in [0.4, 0.5) is 21.9 Å². The van der Waals surface area contributed by atoms with Crippen molar-refractivity contribution in [3.05, 3.63) is 84.6 Å². The molecule has 0 spiro atoms. The van der Waals surface area contributed by atoms with Crippen LogP contribution in [-0.2, 0) is 4.74 Å². The van der Waals surface area contributed by atoms with E-state index in [1.807, 2.05) is 67.6 Å². The van der Waals surface area contributed by atoms with Gasteiger partial charge in [0.15, 0.2) is 0 Å². The molecule has 2 amide bonds. The normalized spacial score (nSPS) is 14.9. The van der Waals surface area contributed by atoms with E-state index in [1.54, 1.807) is 6.08 Å². The highest BCUT2D eigenvalue weighted by Gasteiger charge is 2.12.